The molecule has 0 spiro atoms. The Labute approximate surface area is 128 Å². The fourth-order valence-corrected chi connectivity index (χ4v) is 3.54. The van der Waals surface area contributed by atoms with Gasteiger partial charge in [0.25, 0.3) is 0 Å². The average Bonchev–Trinajstić information content (AvgIpc) is 2.89. The zero-order valence-electron chi connectivity index (χ0n) is 14.0. The average molecular weight is 291 g/mol. The van der Waals surface area contributed by atoms with Crippen LogP contribution in [0.5, 0.6) is 0 Å². The van der Waals surface area contributed by atoms with E-state index in [1.54, 1.807) is 0 Å². The van der Waals surface area contributed by atoms with Crippen LogP contribution in [-0.2, 0) is 24.2 Å². The number of nitrogens with zero attached hydrogens (tertiary/aromatic N) is 3. The van der Waals surface area contributed by atoms with Crippen molar-refractivity contribution in [1.29, 1.82) is 0 Å². The maximum Gasteiger partial charge on any atom is 0.158 e. The summed E-state index contributed by atoms with van der Waals surface area (Å²) in [6.07, 6.45) is 7.02. The molecule has 2 rings (SSSR count). The van der Waals surface area contributed by atoms with E-state index in [0.29, 0.717) is 12.2 Å². The molecule has 1 aliphatic rings. The highest BCUT2D eigenvalue weighted by molar-refractivity contribution is 5.90. The fourth-order valence-electron chi connectivity index (χ4n) is 3.54. The third-order valence-electron chi connectivity index (χ3n) is 4.97. The maximum absolute atomic E-state index is 13.0. The topological polar surface area (TPSA) is 38.1 Å². The van der Waals surface area contributed by atoms with Gasteiger partial charge >= 0.3 is 0 Å². The molecule has 0 unspecified atom stereocenters. The molecule has 0 amide bonds. The predicted octanol–water partition coefficient (Wildman–Crippen LogP) is 2.84. The molecule has 0 N–H and O–H groups in total. The highest BCUT2D eigenvalue weighted by Crippen LogP contribution is 2.34. The summed E-state index contributed by atoms with van der Waals surface area (Å²) < 4.78 is 1.99. The van der Waals surface area contributed by atoms with Crippen LogP contribution < -0.4 is 0 Å². The van der Waals surface area contributed by atoms with Gasteiger partial charge in [-0.15, -0.1) is 0 Å². The number of aryl methyl sites for hydroxylation is 2. The molecule has 0 radical (unpaired) electrons. The van der Waals surface area contributed by atoms with Crippen LogP contribution in [0, 0.1) is 0 Å². The zero-order chi connectivity index (χ0) is 15.5. The SMILES string of the molecule is CCc1cc(CC(=O)C2(N(C)C)CCCCC2)n(CC)n1. The molecule has 1 aliphatic carbocycles. The van der Waals surface area contributed by atoms with Gasteiger partial charge in [-0.1, -0.05) is 26.2 Å². The van der Waals surface area contributed by atoms with Crippen LogP contribution in [-0.4, -0.2) is 40.1 Å². The number of carbonyl (C=O) groups excluding carboxylic acids is 1. The molecule has 1 aromatic heterocycles. The molecule has 1 aromatic rings. The molecule has 0 aliphatic heterocycles. The Morgan fingerprint density at radius 2 is 1.95 bits per heavy atom. The quantitative estimate of drug-likeness (QED) is 0.809. The predicted molar refractivity (Wildman–Crippen MR) is 85.5 cm³/mol. The van der Waals surface area contributed by atoms with Gasteiger partial charge in [0.15, 0.2) is 5.78 Å². The standard InChI is InChI=1S/C17H29N3O/c1-5-14-12-15(20(6-2)18-14)13-16(21)17(19(3)4)10-8-7-9-11-17/h12H,5-11,13H2,1-4H3. The van der Waals surface area contributed by atoms with E-state index in [0.717, 1.165) is 50.0 Å². The molecule has 4 heteroatoms. The van der Waals surface area contributed by atoms with Crippen molar-refractivity contribution in [2.75, 3.05) is 14.1 Å². The number of likely N-dealkylation sites (N-methyl/N-ethyl adjacent to an activating group) is 1. The van der Waals surface area contributed by atoms with Crippen LogP contribution in [0.4, 0.5) is 0 Å². The number of Topliss-reactive ketones (excluding diaryl/α,β-unsaturated/α-hetero) is 1. The molecule has 0 aromatic carbocycles. The van der Waals surface area contributed by atoms with Crippen LogP contribution in [0.15, 0.2) is 6.07 Å². The van der Waals surface area contributed by atoms with Gasteiger partial charge in [0, 0.05) is 12.2 Å². The summed E-state index contributed by atoms with van der Waals surface area (Å²) in [7, 11) is 4.11. The Hall–Kier alpha value is -1.16. The first-order chi connectivity index (χ1) is 10.0. The lowest BCUT2D eigenvalue weighted by Crippen LogP contribution is -2.53. The molecule has 0 bridgehead atoms. The van der Waals surface area contributed by atoms with E-state index in [4.69, 9.17) is 0 Å². The van der Waals surface area contributed by atoms with Crippen molar-refractivity contribution in [2.24, 2.45) is 0 Å². The van der Waals surface area contributed by atoms with Crippen LogP contribution in [0.1, 0.15) is 57.3 Å². The highest BCUT2D eigenvalue weighted by atomic mass is 16.1. The third kappa shape index (κ3) is 3.20. The lowest BCUT2D eigenvalue weighted by Gasteiger charge is -2.41. The molecule has 1 heterocycles. The van der Waals surface area contributed by atoms with Gasteiger partial charge in [-0.3, -0.25) is 14.4 Å². The Kier molecular flexibility index (Phi) is 5.20. The van der Waals surface area contributed by atoms with Gasteiger partial charge in [0.2, 0.25) is 0 Å². The van der Waals surface area contributed by atoms with Gasteiger partial charge in [-0.2, -0.15) is 5.10 Å². The van der Waals surface area contributed by atoms with Crippen LogP contribution >= 0.6 is 0 Å². The van der Waals surface area contributed by atoms with E-state index in [1.807, 2.05) is 4.68 Å². The minimum Gasteiger partial charge on any atom is -0.297 e. The van der Waals surface area contributed by atoms with Crippen molar-refractivity contribution in [2.45, 2.75) is 70.9 Å². The molecule has 118 valence electrons. The van der Waals surface area contributed by atoms with Crippen LogP contribution in [0.2, 0.25) is 0 Å². The molecule has 0 atom stereocenters. The van der Waals surface area contributed by atoms with Crippen molar-refractivity contribution in [1.82, 2.24) is 14.7 Å². The maximum atomic E-state index is 13.0. The normalized spacial score (nSPS) is 18.1. The van der Waals surface area contributed by atoms with E-state index < -0.39 is 0 Å². The van der Waals surface area contributed by atoms with Gasteiger partial charge in [0.1, 0.15) is 0 Å². The smallest absolute Gasteiger partial charge is 0.158 e. The van der Waals surface area contributed by atoms with Crippen LogP contribution in [0.3, 0.4) is 0 Å². The first-order valence-corrected chi connectivity index (χ1v) is 8.29. The molecule has 1 fully saturated rings. The summed E-state index contributed by atoms with van der Waals surface area (Å²) in [5.41, 5.74) is 1.90. The zero-order valence-corrected chi connectivity index (χ0v) is 14.0. The molecule has 21 heavy (non-hydrogen) atoms. The second-order valence-corrected chi connectivity index (χ2v) is 6.38. The minimum absolute atomic E-state index is 0.256. The third-order valence-corrected chi connectivity index (χ3v) is 4.97. The summed E-state index contributed by atoms with van der Waals surface area (Å²) >= 11 is 0. The van der Waals surface area contributed by atoms with E-state index in [1.165, 1.54) is 6.42 Å². The van der Waals surface area contributed by atoms with Crippen molar-refractivity contribution >= 4 is 5.78 Å². The number of carbonyl (C=O) groups is 1. The minimum atomic E-state index is -0.256. The number of aromatic nitrogens is 2. The lowest BCUT2D eigenvalue weighted by atomic mass is 9.76. The largest absolute Gasteiger partial charge is 0.297 e. The van der Waals surface area contributed by atoms with E-state index >= 15 is 0 Å². The summed E-state index contributed by atoms with van der Waals surface area (Å²) in [6.45, 7) is 5.02. The van der Waals surface area contributed by atoms with Crippen LogP contribution in [0.25, 0.3) is 0 Å². The Morgan fingerprint density at radius 3 is 2.48 bits per heavy atom. The van der Waals surface area contributed by atoms with Crippen molar-refractivity contribution < 1.29 is 4.79 Å². The Morgan fingerprint density at radius 1 is 1.29 bits per heavy atom. The summed E-state index contributed by atoms with van der Waals surface area (Å²) in [5.74, 6) is 0.365. The summed E-state index contributed by atoms with van der Waals surface area (Å²) in [6, 6.07) is 2.10. The van der Waals surface area contributed by atoms with Gasteiger partial charge in [-0.25, -0.2) is 0 Å². The second-order valence-electron chi connectivity index (χ2n) is 6.38. The first-order valence-electron chi connectivity index (χ1n) is 8.29. The second kappa shape index (κ2) is 6.73. The molecule has 1 saturated carbocycles. The number of hydrogen-bond acceptors (Lipinski definition) is 3. The van der Waals surface area contributed by atoms with Gasteiger partial charge in [-0.05, 0) is 46.3 Å². The van der Waals surface area contributed by atoms with E-state index in [9.17, 15) is 4.79 Å². The number of ketones is 1. The lowest BCUT2D eigenvalue weighted by molar-refractivity contribution is -0.131. The van der Waals surface area contributed by atoms with Gasteiger partial charge in [0.05, 0.1) is 17.7 Å². The molecule has 0 saturated heterocycles. The summed E-state index contributed by atoms with van der Waals surface area (Å²) in [5, 5.41) is 4.56. The summed E-state index contributed by atoms with van der Waals surface area (Å²) in [4.78, 5) is 15.2. The Balaban J connectivity index is 2.21. The Bertz CT molecular complexity index is 484. The fraction of sp³-hybridized carbons (Fsp3) is 0.765. The monoisotopic (exact) mass is 291 g/mol. The highest BCUT2D eigenvalue weighted by Gasteiger charge is 2.41. The van der Waals surface area contributed by atoms with Crippen molar-refractivity contribution in [3.05, 3.63) is 17.5 Å². The molecular weight excluding hydrogens is 262 g/mol. The van der Waals surface area contributed by atoms with E-state index in [-0.39, 0.29) is 5.54 Å². The first kappa shape index (κ1) is 16.2. The van der Waals surface area contributed by atoms with Gasteiger partial charge < -0.3 is 0 Å². The number of rotatable bonds is 6. The van der Waals surface area contributed by atoms with Crippen molar-refractivity contribution in [3.8, 4) is 0 Å². The van der Waals surface area contributed by atoms with E-state index in [2.05, 4.69) is 44.0 Å². The molecule has 4 nitrogen and oxygen atoms in total. The molecular formula is C17H29N3O. The number of hydrogen-bond donors (Lipinski definition) is 0. The van der Waals surface area contributed by atoms with Crippen molar-refractivity contribution in [3.63, 3.8) is 0 Å².